The third-order valence-corrected chi connectivity index (χ3v) is 2.93. The van der Waals surface area contributed by atoms with Gasteiger partial charge in [0.05, 0.1) is 18.8 Å². The first kappa shape index (κ1) is 8.94. The molecular formula is C8H13BrO3. The smallest absolute Gasteiger partial charge is 0.283 e. The van der Waals surface area contributed by atoms with Crippen molar-refractivity contribution in [2.45, 2.75) is 37.9 Å². The molecule has 4 heteroatoms. The van der Waals surface area contributed by atoms with Gasteiger partial charge in [-0.25, -0.2) is 0 Å². The van der Waals surface area contributed by atoms with Gasteiger partial charge in [-0.3, -0.25) is 0 Å². The van der Waals surface area contributed by atoms with Gasteiger partial charge in [0.25, 0.3) is 5.97 Å². The van der Waals surface area contributed by atoms with Gasteiger partial charge >= 0.3 is 0 Å². The summed E-state index contributed by atoms with van der Waals surface area (Å²) in [5.41, 5.74) is 0. The lowest BCUT2D eigenvalue weighted by atomic mass is 10.2. The molecule has 2 aliphatic heterocycles. The molecule has 1 spiro atoms. The summed E-state index contributed by atoms with van der Waals surface area (Å²) in [5.74, 6) is -0.697. The van der Waals surface area contributed by atoms with Crippen LogP contribution in [0.5, 0.6) is 0 Å². The van der Waals surface area contributed by atoms with Gasteiger partial charge in [0, 0.05) is 11.8 Å². The van der Waals surface area contributed by atoms with Crippen LogP contribution in [0.15, 0.2) is 0 Å². The van der Waals surface area contributed by atoms with E-state index in [0.29, 0.717) is 6.61 Å². The van der Waals surface area contributed by atoms with E-state index in [0.717, 1.165) is 18.2 Å². The highest BCUT2D eigenvalue weighted by Crippen LogP contribution is 2.37. The third-order valence-electron chi connectivity index (χ3n) is 2.21. The molecule has 0 aromatic rings. The largest absolute Gasteiger partial charge is 0.325 e. The van der Waals surface area contributed by atoms with Crippen LogP contribution in [-0.2, 0) is 14.2 Å². The molecule has 0 aliphatic carbocycles. The van der Waals surface area contributed by atoms with Crippen LogP contribution in [0.25, 0.3) is 0 Å². The molecule has 3 unspecified atom stereocenters. The number of rotatable bonds is 1. The van der Waals surface area contributed by atoms with Crippen molar-refractivity contribution >= 4 is 15.9 Å². The Morgan fingerprint density at radius 1 is 1.50 bits per heavy atom. The summed E-state index contributed by atoms with van der Waals surface area (Å²) in [7, 11) is 0. The molecule has 2 saturated heterocycles. The summed E-state index contributed by atoms with van der Waals surface area (Å²) in [4.78, 5) is 0. The Labute approximate surface area is 80.5 Å². The predicted octanol–water partition coefficient (Wildman–Crippen LogP) is 1.65. The van der Waals surface area contributed by atoms with Crippen molar-refractivity contribution in [2.24, 2.45) is 0 Å². The molecule has 3 nitrogen and oxygen atoms in total. The number of hydrogen-bond donors (Lipinski definition) is 0. The van der Waals surface area contributed by atoms with Crippen molar-refractivity contribution in [1.29, 1.82) is 0 Å². The molecule has 0 radical (unpaired) electrons. The zero-order valence-electron chi connectivity index (χ0n) is 7.09. The maximum atomic E-state index is 5.64. The normalized spacial score (nSPS) is 47.5. The number of halogens is 1. The zero-order valence-corrected chi connectivity index (χ0v) is 8.67. The first-order chi connectivity index (χ1) is 5.74. The van der Waals surface area contributed by atoms with Crippen LogP contribution < -0.4 is 0 Å². The van der Waals surface area contributed by atoms with Gasteiger partial charge in [0.15, 0.2) is 0 Å². The lowest BCUT2D eigenvalue weighted by Crippen LogP contribution is -2.30. The molecule has 0 bridgehead atoms. The standard InChI is InChI=1S/C8H13BrO3/c1-6-5-10-8(11-6)3-2-7(4-9)12-8/h6-7H,2-5H2,1H3. The Bertz CT molecular complexity index is 176. The van der Waals surface area contributed by atoms with E-state index in [1.165, 1.54) is 0 Å². The molecule has 0 amide bonds. The van der Waals surface area contributed by atoms with E-state index in [1.54, 1.807) is 0 Å². The van der Waals surface area contributed by atoms with E-state index in [4.69, 9.17) is 14.2 Å². The lowest BCUT2D eigenvalue weighted by molar-refractivity contribution is -0.322. The van der Waals surface area contributed by atoms with Gasteiger partial charge in [-0.2, -0.15) is 0 Å². The predicted molar refractivity (Wildman–Crippen MR) is 47.1 cm³/mol. The molecule has 2 rings (SSSR count). The summed E-state index contributed by atoms with van der Waals surface area (Å²) in [6, 6.07) is 0. The average Bonchev–Trinajstić information content (AvgIpc) is 2.61. The fraction of sp³-hybridized carbons (Fsp3) is 1.00. The number of alkyl halides is 1. The Morgan fingerprint density at radius 3 is 2.83 bits per heavy atom. The SMILES string of the molecule is CC1COC2(CCC(CBr)O2)O1. The molecule has 3 atom stereocenters. The highest BCUT2D eigenvalue weighted by Gasteiger charge is 2.47. The van der Waals surface area contributed by atoms with Crippen molar-refractivity contribution < 1.29 is 14.2 Å². The fourth-order valence-electron chi connectivity index (χ4n) is 1.63. The van der Waals surface area contributed by atoms with Crippen LogP contribution in [0.4, 0.5) is 0 Å². The van der Waals surface area contributed by atoms with E-state index in [9.17, 15) is 0 Å². The lowest BCUT2D eigenvalue weighted by Gasteiger charge is -2.21. The topological polar surface area (TPSA) is 27.7 Å². The van der Waals surface area contributed by atoms with E-state index < -0.39 is 5.97 Å². The highest BCUT2D eigenvalue weighted by atomic mass is 79.9. The minimum Gasteiger partial charge on any atom is -0.325 e. The maximum Gasteiger partial charge on any atom is 0.283 e. The monoisotopic (exact) mass is 236 g/mol. The molecule has 2 heterocycles. The summed E-state index contributed by atoms with van der Waals surface area (Å²) >= 11 is 3.39. The first-order valence-electron chi connectivity index (χ1n) is 4.30. The van der Waals surface area contributed by atoms with Crippen molar-refractivity contribution in [3.8, 4) is 0 Å². The van der Waals surface area contributed by atoms with Crippen molar-refractivity contribution in [3.63, 3.8) is 0 Å². The second kappa shape index (κ2) is 3.25. The average molecular weight is 237 g/mol. The summed E-state index contributed by atoms with van der Waals surface area (Å²) in [5, 5.41) is 0.857. The van der Waals surface area contributed by atoms with Crippen molar-refractivity contribution in [1.82, 2.24) is 0 Å². The van der Waals surface area contributed by atoms with E-state index in [-0.39, 0.29) is 12.2 Å². The van der Waals surface area contributed by atoms with E-state index in [1.807, 2.05) is 6.92 Å². The Balaban J connectivity index is 1.97. The van der Waals surface area contributed by atoms with E-state index in [2.05, 4.69) is 15.9 Å². The summed E-state index contributed by atoms with van der Waals surface area (Å²) in [6.45, 7) is 2.65. The number of ether oxygens (including phenoxy) is 3. The minimum atomic E-state index is -0.697. The van der Waals surface area contributed by atoms with Crippen molar-refractivity contribution in [2.75, 3.05) is 11.9 Å². The van der Waals surface area contributed by atoms with Gasteiger partial charge in [-0.1, -0.05) is 15.9 Å². The van der Waals surface area contributed by atoms with Gasteiger partial charge in [-0.15, -0.1) is 0 Å². The molecule has 12 heavy (non-hydrogen) atoms. The quantitative estimate of drug-likeness (QED) is 0.649. The molecule has 2 aliphatic rings. The molecule has 0 N–H and O–H groups in total. The first-order valence-corrected chi connectivity index (χ1v) is 5.42. The molecule has 0 saturated carbocycles. The Morgan fingerprint density at radius 2 is 2.33 bits per heavy atom. The molecular weight excluding hydrogens is 224 g/mol. The molecule has 0 aromatic heterocycles. The molecule has 2 fully saturated rings. The summed E-state index contributed by atoms with van der Waals surface area (Å²) in [6.07, 6.45) is 2.28. The van der Waals surface area contributed by atoms with Gasteiger partial charge in [0.1, 0.15) is 0 Å². The van der Waals surface area contributed by atoms with Crippen LogP contribution in [0.1, 0.15) is 19.8 Å². The number of hydrogen-bond acceptors (Lipinski definition) is 3. The summed E-state index contributed by atoms with van der Waals surface area (Å²) < 4.78 is 16.7. The van der Waals surface area contributed by atoms with Gasteiger partial charge in [-0.05, 0) is 13.3 Å². The van der Waals surface area contributed by atoms with Crippen molar-refractivity contribution in [3.05, 3.63) is 0 Å². The Kier molecular flexibility index (Phi) is 2.42. The third kappa shape index (κ3) is 1.53. The Hall–Kier alpha value is 0.360. The van der Waals surface area contributed by atoms with Crippen LogP contribution in [0.2, 0.25) is 0 Å². The molecule has 0 aromatic carbocycles. The van der Waals surface area contributed by atoms with Crippen LogP contribution in [0, 0.1) is 0 Å². The second-order valence-electron chi connectivity index (χ2n) is 3.36. The van der Waals surface area contributed by atoms with Gasteiger partial charge < -0.3 is 14.2 Å². The van der Waals surface area contributed by atoms with E-state index >= 15 is 0 Å². The molecule has 70 valence electrons. The van der Waals surface area contributed by atoms with Crippen LogP contribution in [0.3, 0.4) is 0 Å². The van der Waals surface area contributed by atoms with Crippen LogP contribution >= 0.6 is 15.9 Å². The van der Waals surface area contributed by atoms with Gasteiger partial charge in [0.2, 0.25) is 0 Å². The fourth-order valence-corrected chi connectivity index (χ4v) is 2.09. The highest BCUT2D eigenvalue weighted by molar-refractivity contribution is 9.09. The maximum absolute atomic E-state index is 5.64. The van der Waals surface area contributed by atoms with Crippen LogP contribution in [-0.4, -0.2) is 30.1 Å². The second-order valence-corrected chi connectivity index (χ2v) is 4.00. The minimum absolute atomic E-state index is 0.166. The zero-order chi connectivity index (χ0) is 8.60.